The van der Waals surface area contributed by atoms with Gasteiger partial charge in [0.2, 0.25) is 0 Å². The first-order valence-electron chi connectivity index (χ1n) is 7.49. The number of oxime groups is 1. The first-order valence-corrected chi connectivity index (χ1v) is 7.49. The number of piperidine rings is 1. The van der Waals surface area contributed by atoms with E-state index in [2.05, 4.69) is 29.1 Å². The quantitative estimate of drug-likeness (QED) is 0.384. The van der Waals surface area contributed by atoms with Crippen molar-refractivity contribution in [1.82, 2.24) is 0 Å². The minimum atomic E-state index is 0.194. The molecule has 0 amide bonds. The first-order chi connectivity index (χ1) is 9.65. The number of anilines is 1. The van der Waals surface area contributed by atoms with Crippen molar-refractivity contribution < 1.29 is 5.21 Å². The van der Waals surface area contributed by atoms with Crippen molar-refractivity contribution in [3.8, 4) is 0 Å². The van der Waals surface area contributed by atoms with Gasteiger partial charge >= 0.3 is 0 Å². The number of nitrogens with zero attached hydrogens (tertiary/aromatic N) is 2. The van der Waals surface area contributed by atoms with Crippen molar-refractivity contribution in [3.05, 3.63) is 29.3 Å². The highest BCUT2D eigenvalue weighted by Gasteiger charge is 2.21. The molecular formula is C16H25N3O. The second-order valence-corrected chi connectivity index (χ2v) is 5.72. The number of hydrogen-bond acceptors (Lipinski definition) is 3. The number of hydrogen-bond donors (Lipinski definition) is 2. The average Bonchev–Trinajstić information content (AvgIpc) is 2.47. The molecular weight excluding hydrogens is 250 g/mol. The van der Waals surface area contributed by atoms with E-state index >= 15 is 0 Å². The predicted molar refractivity (Wildman–Crippen MR) is 83.5 cm³/mol. The summed E-state index contributed by atoms with van der Waals surface area (Å²) in [5, 5.41) is 12.1. The van der Waals surface area contributed by atoms with Crippen LogP contribution in [0, 0.1) is 12.8 Å². The lowest BCUT2D eigenvalue weighted by molar-refractivity contribution is 0.318. The molecule has 1 aliphatic heterocycles. The lowest BCUT2D eigenvalue weighted by atomic mass is 9.92. The molecule has 0 bridgehead atoms. The molecule has 0 saturated carbocycles. The van der Waals surface area contributed by atoms with Gasteiger partial charge in [0.05, 0.1) is 0 Å². The van der Waals surface area contributed by atoms with Crippen LogP contribution in [0.5, 0.6) is 0 Å². The SMILES string of the molecule is CCCC1CCN(c2ccc(C)cc2/C(N)=N/O)CC1. The maximum atomic E-state index is 8.96. The molecule has 1 aromatic rings. The fourth-order valence-electron chi connectivity index (χ4n) is 3.06. The molecule has 1 aromatic carbocycles. The van der Waals surface area contributed by atoms with Crippen molar-refractivity contribution in [2.45, 2.75) is 39.5 Å². The molecule has 2 rings (SSSR count). The number of aryl methyl sites for hydroxylation is 1. The Labute approximate surface area is 121 Å². The van der Waals surface area contributed by atoms with Crippen LogP contribution in [-0.2, 0) is 0 Å². The second kappa shape index (κ2) is 6.64. The van der Waals surface area contributed by atoms with E-state index in [9.17, 15) is 0 Å². The maximum absolute atomic E-state index is 8.96. The molecule has 20 heavy (non-hydrogen) atoms. The standard InChI is InChI=1S/C16H25N3O/c1-3-4-13-7-9-19(10-8-13)15-6-5-12(2)11-14(15)16(17)18-20/h5-6,11,13,20H,3-4,7-10H2,1-2H3,(H2,17,18). The summed E-state index contributed by atoms with van der Waals surface area (Å²) < 4.78 is 0. The highest BCUT2D eigenvalue weighted by atomic mass is 16.4. The Hall–Kier alpha value is -1.71. The third-order valence-corrected chi connectivity index (χ3v) is 4.19. The summed E-state index contributed by atoms with van der Waals surface area (Å²) in [7, 11) is 0. The highest BCUT2D eigenvalue weighted by Crippen LogP contribution is 2.28. The van der Waals surface area contributed by atoms with Gasteiger partial charge in [-0.1, -0.05) is 36.6 Å². The monoisotopic (exact) mass is 275 g/mol. The average molecular weight is 275 g/mol. The fourth-order valence-corrected chi connectivity index (χ4v) is 3.06. The number of amidine groups is 1. The van der Waals surface area contributed by atoms with Crippen LogP contribution in [0.4, 0.5) is 5.69 Å². The van der Waals surface area contributed by atoms with Crippen molar-refractivity contribution in [3.63, 3.8) is 0 Å². The second-order valence-electron chi connectivity index (χ2n) is 5.72. The molecule has 0 aromatic heterocycles. The summed E-state index contributed by atoms with van der Waals surface area (Å²) in [5.41, 5.74) is 8.86. The fraction of sp³-hybridized carbons (Fsp3) is 0.562. The lowest BCUT2D eigenvalue weighted by Crippen LogP contribution is -2.35. The summed E-state index contributed by atoms with van der Waals surface area (Å²) in [4.78, 5) is 2.36. The van der Waals surface area contributed by atoms with Crippen LogP contribution in [0.1, 0.15) is 43.7 Å². The Morgan fingerprint density at radius 3 is 2.70 bits per heavy atom. The van der Waals surface area contributed by atoms with Crippen LogP contribution in [0.25, 0.3) is 0 Å². The Kier molecular flexibility index (Phi) is 4.88. The van der Waals surface area contributed by atoms with E-state index in [1.54, 1.807) is 0 Å². The zero-order valence-electron chi connectivity index (χ0n) is 12.5. The molecule has 0 aliphatic carbocycles. The van der Waals surface area contributed by atoms with Crippen LogP contribution in [0.2, 0.25) is 0 Å². The van der Waals surface area contributed by atoms with E-state index in [0.29, 0.717) is 0 Å². The molecule has 4 nitrogen and oxygen atoms in total. The molecule has 110 valence electrons. The summed E-state index contributed by atoms with van der Waals surface area (Å²) in [6.07, 6.45) is 5.06. The molecule has 1 heterocycles. The van der Waals surface area contributed by atoms with Crippen LogP contribution in [0.15, 0.2) is 23.4 Å². The van der Waals surface area contributed by atoms with Crippen LogP contribution in [0.3, 0.4) is 0 Å². The van der Waals surface area contributed by atoms with E-state index in [0.717, 1.165) is 35.8 Å². The van der Waals surface area contributed by atoms with E-state index in [-0.39, 0.29) is 5.84 Å². The molecule has 0 unspecified atom stereocenters. The van der Waals surface area contributed by atoms with Gasteiger partial charge in [0.15, 0.2) is 5.84 Å². The van der Waals surface area contributed by atoms with E-state index in [4.69, 9.17) is 10.9 Å². The zero-order valence-corrected chi connectivity index (χ0v) is 12.5. The highest BCUT2D eigenvalue weighted by molar-refractivity contribution is 6.02. The van der Waals surface area contributed by atoms with E-state index in [1.165, 1.54) is 25.7 Å². The molecule has 0 radical (unpaired) electrons. The van der Waals surface area contributed by atoms with E-state index in [1.807, 2.05) is 13.0 Å². The topological polar surface area (TPSA) is 61.8 Å². The van der Waals surface area contributed by atoms with Crippen molar-refractivity contribution in [1.29, 1.82) is 0 Å². The smallest absolute Gasteiger partial charge is 0.172 e. The van der Waals surface area contributed by atoms with Gasteiger partial charge in [-0.3, -0.25) is 0 Å². The van der Waals surface area contributed by atoms with Crippen molar-refractivity contribution in [2.24, 2.45) is 16.8 Å². The van der Waals surface area contributed by atoms with Crippen molar-refractivity contribution >= 4 is 11.5 Å². The minimum Gasteiger partial charge on any atom is -0.409 e. The van der Waals surface area contributed by atoms with Crippen LogP contribution >= 0.6 is 0 Å². The van der Waals surface area contributed by atoms with Gasteiger partial charge < -0.3 is 15.8 Å². The Morgan fingerprint density at radius 1 is 1.40 bits per heavy atom. The summed E-state index contributed by atoms with van der Waals surface area (Å²) in [6, 6.07) is 6.16. The lowest BCUT2D eigenvalue weighted by Gasteiger charge is -2.34. The summed E-state index contributed by atoms with van der Waals surface area (Å²) in [5.74, 6) is 1.05. The third kappa shape index (κ3) is 3.24. The van der Waals surface area contributed by atoms with Gasteiger partial charge in [0.25, 0.3) is 0 Å². The van der Waals surface area contributed by atoms with Gasteiger partial charge in [-0.05, 0) is 37.8 Å². The number of rotatable bonds is 4. The molecule has 0 spiro atoms. The number of nitrogens with two attached hydrogens (primary N) is 1. The minimum absolute atomic E-state index is 0.194. The van der Waals surface area contributed by atoms with E-state index < -0.39 is 0 Å². The van der Waals surface area contributed by atoms with Crippen LogP contribution in [-0.4, -0.2) is 24.1 Å². The molecule has 0 atom stereocenters. The molecule has 3 N–H and O–H groups in total. The normalized spacial score (nSPS) is 17.5. The maximum Gasteiger partial charge on any atom is 0.172 e. The van der Waals surface area contributed by atoms with Gasteiger partial charge in [-0.25, -0.2) is 0 Å². The number of benzene rings is 1. The predicted octanol–water partition coefficient (Wildman–Crippen LogP) is 3.11. The van der Waals surface area contributed by atoms with Gasteiger partial charge in [-0.2, -0.15) is 0 Å². The largest absolute Gasteiger partial charge is 0.409 e. The Balaban J connectivity index is 2.17. The van der Waals surface area contributed by atoms with Crippen LogP contribution < -0.4 is 10.6 Å². The first kappa shape index (κ1) is 14.7. The molecule has 4 heteroatoms. The summed E-state index contributed by atoms with van der Waals surface area (Å²) in [6.45, 7) is 6.38. The Morgan fingerprint density at radius 2 is 2.10 bits per heavy atom. The van der Waals surface area contributed by atoms with Gasteiger partial charge in [0, 0.05) is 24.3 Å². The Bertz CT molecular complexity index is 477. The zero-order chi connectivity index (χ0) is 14.5. The molecule has 1 saturated heterocycles. The van der Waals surface area contributed by atoms with Crippen molar-refractivity contribution in [2.75, 3.05) is 18.0 Å². The third-order valence-electron chi connectivity index (χ3n) is 4.19. The van der Waals surface area contributed by atoms with Gasteiger partial charge in [0.1, 0.15) is 0 Å². The van der Waals surface area contributed by atoms with Gasteiger partial charge in [-0.15, -0.1) is 0 Å². The summed E-state index contributed by atoms with van der Waals surface area (Å²) >= 11 is 0. The molecule has 1 aliphatic rings. The molecule has 1 fully saturated rings.